The van der Waals surface area contributed by atoms with Crippen molar-refractivity contribution in [2.45, 2.75) is 26.3 Å². The smallest absolute Gasteiger partial charge is 0.130 e. The summed E-state index contributed by atoms with van der Waals surface area (Å²) in [6.07, 6.45) is 0.839. The molecule has 2 rings (SSSR count). The van der Waals surface area contributed by atoms with Crippen molar-refractivity contribution < 1.29 is 9.13 Å². The Morgan fingerprint density at radius 3 is 2.53 bits per heavy atom. The predicted octanol–water partition coefficient (Wildman–Crippen LogP) is 3.82. The fraction of sp³-hybridized carbons (Fsp3) is 0.250. The molecule has 0 spiro atoms. The van der Waals surface area contributed by atoms with Crippen molar-refractivity contribution in [3.8, 4) is 11.5 Å². The Bertz CT molecular complexity index is 566. The molecule has 2 N–H and O–H groups in total. The Kier molecular flexibility index (Phi) is 4.17. The van der Waals surface area contributed by atoms with Gasteiger partial charge < -0.3 is 10.5 Å². The summed E-state index contributed by atoms with van der Waals surface area (Å²) >= 11 is 0. The molecule has 1 unspecified atom stereocenters. The highest BCUT2D eigenvalue weighted by atomic mass is 19.1. The van der Waals surface area contributed by atoms with Crippen LogP contribution in [0.15, 0.2) is 42.5 Å². The molecule has 1 atom stereocenters. The van der Waals surface area contributed by atoms with E-state index in [2.05, 4.69) is 0 Å². The Hall–Kier alpha value is -1.87. The minimum Gasteiger partial charge on any atom is -0.457 e. The quantitative estimate of drug-likeness (QED) is 0.906. The van der Waals surface area contributed by atoms with Gasteiger partial charge in [0.25, 0.3) is 0 Å². The highest BCUT2D eigenvalue weighted by Crippen LogP contribution is 2.24. The number of rotatable bonds is 4. The number of ether oxygens (including phenoxy) is 1. The standard InChI is InChI=1S/C16H18FNO/c1-11-8-16(7-6-13(11)9-12(2)18)19-15-5-3-4-14(17)10-15/h3-8,10,12H,9,18H2,1-2H3. The van der Waals surface area contributed by atoms with Crippen LogP contribution >= 0.6 is 0 Å². The van der Waals surface area contributed by atoms with Crippen LogP contribution in [0.3, 0.4) is 0 Å². The summed E-state index contributed by atoms with van der Waals surface area (Å²) in [5, 5.41) is 0. The monoisotopic (exact) mass is 259 g/mol. The second-order valence-electron chi connectivity index (χ2n) is 4.83. The molecule has 0 heterocycles. The van der Waals surface area contributed by atoms with E-state index in [0.717, 1.165) is 12.0 Å². The van der Waals surface area contributed by atoms with Crippen LogP contribution < -0.4 is 10.5 Å². The zero-order chi connectivity index (χ0) is 13.8. The highest BCUT2D eigenvalue weighted by Gasteiger charge is 2.05. The van der Waals surface area contributed by atoms with E-state index in [4.69, 9.17) is 10.5 Å². The number of aryl methyl sites for hydroxylation is 1. The first-order valence-corrected chi connectivity index (χ1v) is 6.33. The Balaban J connectivity index is 2.16. The molecule has 0 saturated carbocycles. The van der Waals surface area contributed by atoms with E-state index in [0.29, 0.717) is 11.5 Å². The lowest BCUT2D eigenvalue weighted by Crippen LogP contribution is -2.18. The average Bonchev–Trinajstić information content (AvgIpc) is 2.32. The first-order chi connectivity index (χ1) is 9.04. The van der Waals surface area contributed by atoms with Gasteiger partial charge in [0.15, 0.2) is 0 Å². The molecule has 2 aromatic rings. The van der Waals surface area contributed by atoms with Gasteiger partial charge in [0.05, 0.1) is 0 Å². The van der Waals surface area contributed by atoms with E-state index < -0.39 is 0 Å². The van der Waals surface area contributed by atoms with Crippen LogP contribution in [0.2, 0.25) is 0 Å². The van der Waals surface area contributed by atoms with Gasteiger partial charge in [0, 0.05) is 12.1 Å². The number of hydrogen-bond acceptors (Lipinski definition) is 2. The maximum Gasteiger partial charge on any atom is 0.130 e. The van der Waals surface area contributed by atoms with E-state index in [9.17, 15) is 4.39 Å². The summed E-state index contributed by atoms with van der Waals surface area (Å²) < 4.78 is 18.7. The molecule has 3 heteroatoms. The van der Waals surface area contributed by atoms with Crippen LogP contribution in [-0.2, 0) is 6.42 Å². The largest absolute Gasteiger partial charge is 0.457 e. The lowest BCUT2D eigenvalue weighted by molar-refractivity contribution is 0.476. The van der Waals surface area contributed by atoms with Gasteiger partial charge in [-0.2, -0.15) is 0 Å². The van der Waals surface area contributed by atoms with Crippen molar-refractivity contribution in [1.29, 1.82) is 0 Å². The van der Waals surface area contributed by atoms with Crippen LogP contribution in [0.1, 0.15) is 18.1 Å². The van der Waals surface area contributed by atoms with Crippen molar-refractivity contribution in [2.24, 2.45) is 5.73 Å². The third kappa shape index (κ3) is 3.80. The van der Waals surface area contributed by atoms with Crippen LogP contribution in [-0.4, -0.2) is 6.04 Å². The Morgan fingerprint density at radius 1 is 1.16 bits per heavy atom. The van der Waals surface area contributed by atoms with Crippen molar-refractivity contribution in [1.82, 2.24) is 0 Å². The topological polar surface area (TPSA) is 35.2 Å². The third-order valence-electron chi connectivity index (χ3n) is 2.89. The molecular weight excluding hydrogens is 241 g/mol. The van der Waals surface area contributed by atoms with Crippen LogP contribution in [0.25, 0.3) is 0 Å². The van der Waals surface area contributed by atoms with E-state index >= 15 is 0 Å². The lowest BCUT2D eigenvalue weighted by atomic mass is 10.0. The van der Waals surface area contributed by atoms with E-state index in [1.807, 2.05) is 32.0 Å². The number of benzene rings is 2. The summed E-state index contributed by atoms with van der Waals surface area (Å²) in [5.74, 6) is 0.902. The fourth-order valence-corrected chi connectivity index (χ4v) is 1.97. The number of halogens is 1. The summed E-state index contributed by atoms with van der Waals surface area (Å²) in [7, 11) is 0. The summed E-state index contributed by atoms with van der Waals surface area (Å²) in [5.41, 5.74) is 8.14. The molecule has 0 fully saturated rings. The highest BCUT2D eigenvalue weighted by molar-refractivity contribution is 5.38. The average molecular weight is 259 g/mol. The number of hydrogen-bond donors (Lipinski definition) is 1. The molecule has 0 aliphatic heterocycles. The van der Waals surface area contributed by atoms with Gasteiger partial charge in [-0.15, -0.1) is 0 Å². The van der Waals surface area contributed by atoms with Crippen molar-refractivity contribution in [3.05, 3.63) is 59.4 Å². The molecule has 0 amide bonds. The SMILES string of the molecule is Cc1cc(Oc2cccc(F)c2)ccc1CC(C)N. The van der Waals surface area contributed by atoms with Gasteiger partial charge in [-0.1, -0.05) is 12.1 Å². The molecule has 2 aromatic carbocycles. The maximum atomic E-state index is 13.1. The molecule has 0 aliphatic carbocycles. The summed E-state index contributed by atoms with van der Waals surface area (Å²) in [4.78, 5) is 0. The van der Waals surface area contributed by atoms with E-state index in [1.165, 1.54) is 17.7 Å². The van der Waals surface area contributed by atoms with Gasteiger partial charge >= 0.3 is 0 Å². The molecule has 0 saturated heterocycles. The van der Waals surface area contributed by atoms with E-state index in [-0.39, 0.29) is 11.9 Å². The first-order valence-electron chi connectivity index (χ1n) is 6.33. The fourth-order valence-electron chi connectivity index (χ4n) is 1.97. The van der Waals surface area contributed by atoms with Gasteiger partial charge in [-0.3, -0.25) is 0 Å². The predicted molar refractivity (Wildman–Crippen MR) is 75.0 cm³/mol. The summed E-state index contributed by atoms with van der Waals surface area (Å²) in [6.45, 7) is 4.01. The molecule has 0 bridgehead atoms. The molecule has 2 nitrogen and oxygen atoms in total. The molecule has 0 aliphatic rings. The zero-order valence-electron chi connectivity index (χ0n) is 11.2. The molecule has 19 heavy (non-hydrogen) atoms. The molecule has 0 aromatic heterocycles. The van der Waals surface area contributed by atoms with Crippen molar-refractivity contribution in [2.75, 3.05) is 0 Å². The lowest BCUT2D eigenvalue weighted by Gasteiger charge is -2.11. The Labute approximate surface area is 113 Å². The normalized spacial score (nSPS) is 12.2. The van der Waals surface area contributed by atoms with Crippen molar-refractivity contribution in [3.63, 3.8) is 0 Å². The van der Waals surface area contributed by atoms with Crippen LogP contribution in [0, 0.1) is 12.7 Å². The Morgan fingerprint density at radius 2 is 1.89 bits per heavy atom. The third-order valence-corrected chi connectivity index (χ3v) is 2.89. The second-order valence-corrected chi connectivity index (χ2v) is 4.83. The zero-order valence-corrected chi connectivity index (χ0v) is 11.2. The van der Waals surface area contributed by atoms with Crippen LogP contribution in [0.5, 0.6) is 11.5 Å². The van der Waals surface area contributed by atoms with Crippen LogP contribution in [0.4, 0.5) is 4.39 Å². The van der Waals surface area contributed by atoms with Gasteiger partial charge in [0.2, 0.25) is 0 Å². The minimum atomic E-state index is -0.303. The molecule has 0 radical (unpaired) electrons. The molecular formula is C16H18FNO. The van der Waals surface area contributed by atoms with E-state index in [1.54, 1.807) is 12.1 Å². The molecule has 100 valence electrons. The maximum absolute atomic E-state index is 13.1. The van der Waals surface area contributed by atoms with Crippen molar-refractivity contribution >= 4 is 0 Å². The second kappa shape index (κ2) is 5.85. The first kappa shape index (κ1) is 13.6. The van der Waals surface area contributed by atoms with Gasteiger partial charge in [-0.25, -0.2) is 4.39 Å². The summed E-state index contributed by atoms with van der Waals surface area (Å²) in [6, 6.07) is 12.1. The number of nitrogens with two attached hydrogens (primary N) is 1. The minimum absolute atomic E-state index is 0.133. The van der Waals surface area contributed by atoms with Gasteiger partial charge in [-0.05, 0) is 55.7 Å². The van der Waals surface area contributed by atoms with Gasteiger partial charge in [0.1, 0.15) is 17.3 Å².